The quantitative estimate of drug-likeness (QED) is 0.0706. The second kappa shape index (κ2) is 12.4. The topological polar surface area (TPSA) is 136 Å². The molecule has 4 N–H and O–H groups in total. The first-order valence-electron chi connectivity index (χ1n) is 12.4. The number of thiazole rings is 1. The van der Waals surface area contributed by atoms with Crippen LogP contribution in [0.4, 0.5) is 5.69 Å². The van der Waals surface area contributed by atoms with Crippen LogP contribution in [0.5, 0.6) is 0 Å². The monoisotopic (exact) mass is 580 g/mol. The normalized spacial score (nSPS) is 11.5. The second-order valence-corrected chi connectivity index (χ2v) is 10.1. The fourth-order valence-electron chi connectivity index (χ4n) is 4.03. The number of rotatable bonds is 8. The molecule has 0 spiro atoms. The summed E-state index contributed by atoms with van der Waals surface area (Å²) in [4.78, 5) is 16.4. The van der Waals surface area contributed by atoms with Crippen LogP contribution in [0.25, 0.3) is 33.7 Å². The van der Waals surface area contributed by atoms with E-state index in [1.165, 1.54) is 23.5 Å². The highest BCUT2D eigenvalue weighted by atomic mass is 32.1. The molecule has 2 aromatic heterocycles. The van der Waals surface area contributed by atoms with E-state index in [4.69, 9.17) is 28.1 Å². The number of thiocarbonyl (C=S) groups is 1. The van der Waals surface area contributed by atoms with Crippen LogP contribution in [-0.4, -0.2) is 30.5 Å². The number of hydrogen-bond donors (Lipinski definition) is 3. The predicted octanol–water partition coefficient (Wildman–Crippen LogP) is 5.63. The lowest BCUT2D eigenvalue weighted by atomic mass is 10.1. The van der Waals surface area contributed by atoms with Crippen LogP contribution >= 0.6 is 23.6 Å². The summed E-state index contributed by atoms with van der Waals surface area (Å²) in [5.41, 5.74) is 10.6. The van der Waals surface area contributed by atoms with E-state index < -0.39 is 4.92 Å². The highest BCUT2D eigenvalue weighted by Gasteiger charge is 2.19. The van der Waals surface area contributed by atoms with Crippen LogP contribution in [0.1, 0.15) is 16.1 Å². The molecule has 0 saturated carbocycles. The smallest absolute Gasteiger partial charge is 0.270 e. The Morgan fingerprint density at radius 1 is 1.05 bits per heavy atom. The minimum atomic E-state index is -0.434. The molecule has 10 nitrogen and oxygen atoms in total. The Hall–Kier alpha value is -5.04. The third-order valence-electron chi connectivity index (χ3n) is 5.97. The summed E-state index contributed by atoms with van der Waals surface area (Å²) in [5.74, 6) is 5.41. The molecule has 41 heavy (non-hydrogen) atoms. The number of hydrogen-bond acceptors (Lipinski definition) is 8. The van der Waals surface area contributed by atoms with Gasteiger partial charge in [0.25, 0.3) is 5.69 Å². The lowest BCUT2D eigenvalue weighted by molar-refractivity contribution is -0.384. The highest BCUT2D eigenvalue weighted by Crippen LogP contribution is 2.31. The van der Waals surface area contributed by atoms with Crippen molar-refractivity contribution in [2.45, 2.75) is 6.92 Å². The van der Waals surface area contributed by atoms with E-state index in [0.717, 1.165) is 33.1 Å². The molecule has 3 aromatic carbocycles. The van der Waals surface area contributed by atoms with E-state index in [1.807, 2.05) is 78.3 Å². The number of aromatic nitrogens is 3. The maximum absolute atomic E-state index is 11.2. The number of benzene rings is 3. The maximum Gasteiger partial charge on any atom is 0.270 e. The van der Waals surface area contributed by atoms with Gasteiger partial charge in [0.15, 0.2) is 0 Å². The van der Waals surface area contributed by atoms with Gasteiger partial charge in [0.1, 0.15) is 5.71 Å². The number of nitro benzene ring substituents is 1. The van der Waals surface area contributed by atoms with Gasteiger partial charge in [0, 0.05) is 23.3 Å². The zero-order valence-electron chi connectivity index (χ0n) is 21.8. The molecule has 0 atom stereocenters. The van der Waals surface area contributed by atoms with Crippen molar-refractivity contribution in [3.63, 3.8) is 0 Å². The number of allylic oxidation sites excluding steroid dienone is 1. The van der Waals surface area contributed by atoms with E-state index in [-0.39, 0.29) is 10.8 Å². The van der Waals surface area contributed by atoms with Crippen molar-refractivity contribution >= 4 is 46.1 Å². The van der Waals surface area contributed by atoms with E-state index >= 15 is 0 Å². The standard InChI is InChI=1S/C29H24N8O2S2/c1-19-27(24(33-34-28(40)32-30)16-15-20-9-8-14-23(17-20)37(38)39)41-29(31-19)36-26(22-12-6-3-7-13-22)18-25(35-36)21-10-4-2-5-11-21/h2-18H,30H2,1H3,(H2,32,34,40)/b16-15-,33-24+. The fraction of sp³-hybridized carbons (Fsp3) is 0.0345. The average molecular weight is 581 g/mol. The molecule has 0 unspecified atom stereocenters. The first kappa shape index (κ1) is 27.5. The number of nitrogens with zero attached hydrogens (tertiary/aromatic N) is 5. The molecule has 5 rings (SSSR count). The van der Waals surface area contributed by atoms with Gasteiger partial charge >= 0.3 is 0 Å². The minimum absolute atomic E-state index is 0.00475. The van der Waals surface area contributed by atoms with Crippen LogP contribution in [-0.2, 0) is 0 Å². The van der Waals surface area contributed by atoms with Gasteiger partial charge in [-0.25, -0.2) is 15.5 Å². The SMILES string of the molecule is Cc1nc(-n2nc(-c3ccccc3)cc2-c2ccccc2)sc1C(/C=C\c1cccc([N+](=O)[O-])c1)=N/NC(=S)NN. The fourth-order valence-corrected chi connectivity index (χ4v) is 5.07. The van der Waals surface area contributed by atoms with Gasteiger partial charge in [-0.15, -0.1) is 0 Å². The van der Waals surface area contributed by atoms with Gasteiger partial charge in [0.05, 0.1) is 26.9 Å². The molecule has 0 aliphatic rings. The molecule has 12 heteroatoms. The molecule has 0 aliphatic heterocycles. The summed E-state index contributed by atoms with van der Waals surface area (Å²) in [5, 5.41) is 21.4. The third kappa shape index (κ3) is 6.41. The van der Waals surface area contributed by atoms with Crippen LogP contribution in [0, 0.1) is 17.0 Å². The molecule has 0 radical (unpaired) electrons. The minimum Gasteiger partial charge on any atom is -0.300 e. The van der Waals surface area contributed by atoms with Crippen LogP contribution in [0.15, 0.2) is 102 Å². The molecule has 0 aliphatic carbocycles. The van der Waals surface area contributed by atoms with Crippen LogP contribution in [0.2, 0.25) is 0 Å². The highest BCUT2D eigenvalue weighted by molar-refractivity contribution is 7.80. The number of nitrogens with two attached hydrogens (primary N) is 1. The number of nitro groups is 1. The second-order valence-electron chi connectivity index (χ2n) is 8.74. The molecule has 0 amide bonds. The van der Waals surface area contributed by atoms with Crippen molar-refractivity contribution in [3.05, 3.63) is 123 Å². The summed E-state index contributed by atoms with van der Waals surface area (Å²) in [6.07, 6.45) is 3.48. The van der Waals surface area contributed by atoms with Crippen molar-refractivity contribution in [2.24, 2.45) is 10.9 Å². The van der Waals surface area contributed by atoms with Gasteiger partial charge in [-0.05, 0) is 36.8 Å². The lowest BCUT2D eigenvalue weighted by Crippen LogP contribution is -2.37. The Bertz CT molecular complexity index is 1760. The third-order valence-corrected chi connectivity index (χ3v) is 7.34. The first-order chi connectivity index (χ1) is 19.9. The number of hydrazine groups is 1. The number of aryl methyl sites for hydroxylation is 1. The zero-order chi connectivity index (χ0) is 28.8. The summed E-state index contributed by atoms with van der Waals surface area (Å²) in [6.45, 7) is 1.88. The largest absolute Gasteiger partial charge is 0.300 e. The lowest BCUT2D eigenvalue weighted by Gasteiger charge is -2.04. The van der Waals surface area contributed by atoms with Gasteiger partial charge in [0.2, 0.25) is 10.2 Å². The molecule has 2 heterocycles. The van der Waals surface area contributed by atoms with Gasteiger partial charge < -0.3 is 0 Å². The number of hydrazone groups is 1. The van der Waals surface area contributed by atoms with Gasteiger partial charge in [-0.2, -0.15) is 10.2 Å². The van der Waals surface area contributed by atoms with Crippen molar-refractivity contribution in [3.8, 4) is 27.6 Å². The molecule has 204 valence electrons. The average Bonchev–Trinajstić information content (AvgIpc) is 3.62. The predicted molar refractivity (Wildman–Crippen MR) is 167 cm³/mol. The van der Waals surface area contributed by atoms with E-state index in [0.29, 0.717) is 16.4 Å². The Balaban J connectivity index is 1.58. The molecule has 0 bridgehead atoms. The van der Waals surface area contributed by atoms with Crippen LogP contribution in [0.3, 0.4) is 0 Å². The van der Waals surface area contributed by atoms with Gasteiger partial charge in [-0.3, -0.25) is 21.0 Å². The van der Waals surface area contributed by atoms with Crippen molar-refractivity contribution in [1.82, 2.24) is 25.6 Å². The van der Waals surface area contributed by atoms with Crippen molar-refractivity contribution < 1.29 is 4.92 Å². The Morgan fingerprint density at radius 2 is 1.76 bits per heavy atom. The van der Waals surface area contributed by atoms with E-state index in [9.17, 15) is 10.1 Å². The van der Waals surface area contributed by atoms with Gasteiger partial charge in [-0.1, -0.05) is 90.2 Å². The van der Waals surface area contributed by atoms with Crippen LogP contribution < -0.4 is 16.7 Å². The molecular weight excluding hydrogens is 557 g/mol. The molecule has 0 saturated heterocycles. The summed E-state index contributed by atoms with van der Waals surface area (Å²) in [6, 6.07) is 28.3. The van der Waals surface area contributed by atoms with E-state index in [1.54, 1.807) is 24.3 Å². The number of nitrogens with one attached hydrogen (secondary N) is 2. The summed E-state index contributed by atoms with van der Waals surface area (Å²) < 4.78 is 1.83. The summed E-state index contributed by atoms with van der Waals surface area (Å²) in [7, 11) is 0. The van der Waals surface area contributed by atoms with Crippen molar-refractivity contribution in [1.29, 1.82) is 0 Å². The summed E-state index contributed by atoms with van der Waals surface area (Å²) >= 11 is 6.51. The Morgan fingerprint density at radius 3 is 2.44 bits per heavy atom. The molecule has 5 aromatic rings. The first-order valence-corrected chi connectivity index (χ1v) is 13.6. The number of non-ortho nitro benzene ring substituents is 1. The Kier molecular flexibility index (Phi) is 8.34. The zero-order valence-corrected chi connectivity index (χ0v) is 23.4. The Labute approximate surface area is 245 Å². The molecule has 0 fully saturated rings. The van der Waals surface area contributed by atoms with E-state index in [2.05, 4.69) is 16.0 Å². The molecular formula is C29H24N8O2S2. The van der Waals surface area contributed by atoms with Crippen molar-refractivity contribution in [2.75, 3.05) is 0 Å². The maximum atomic E-state index is 11.2.